The third-order valence-electron chi connectivity index (χ3n) is 4.05. The lowest BCUT2D eigenvalue weighted by Crippen LogP contribution is -2.36. The highest BCUT2D eigenvalue weighted by Gasteiger charge is 2.20. The van der Waals surface area contributed by atoms with Crippen LogP contribution in [0.4, 0.5) is 5.69 Å². The summed E-state index contributed by atoms with van der Waals surface area (Å²) in [6, 6.07) is 12.3. The molecule has 0 bridgehead atoms. The van der Waals surface area contributed by atoms with Crippen molar-refractivity contribution in [2.24, 2.45) is 5.41 Å². The van der Waals surface area contributed by atoms with Gasteiger partial charge in [0.05, 0.1) is 14.2 Å². The van der Waals surface area contributed by atoms with Crippen molar-refractivity contribution in [1.29, 1.82) is 0 Å². The number of hydrogen-bond donors (Lipinski definition) is 2. The van der Waals surface area contributed by atoms with Crippen LogP contribution in [0.1, 0.15) is 27.2 Å². The Balaban J connectivity index is 1.99. The Morgan fingerprint density at radius 2 is 1.55 bits per heavy atom. The number of benzene rings is 2. The molecule has 7 nitrogen and oxygen atoms in total. The third kappa shape index (κ3) is 6.71. The number of anilines is 1. The first-order valence-electron chi connectivity index (χ1n) is 9.31. The van der Waals surface area contributed by atoms with E-state index >= 15 is 0 Å². The van der Waals surface area contributed by atoms with Crippen LogP contribution < -0.4 is 24.8 Å². The van der Waals surface area contributed by atoms with E-state index in [1.807, 2.05) is 20.8 Å². The zero-order valence-electron chi connectivity index (χ0n) is 17.5. The molecule has 7 heteroatoms. The zero-order valence-corrected chi connectivity index (χ0v) is 17.5. The molecule has 2 aromatic carbocycles. The van der Waals surface area contributed by atoms with Crippen LogP contribution in [0.25, 0.3) is 0 Å². The number of amides is 2. The van der Waals surface area contributed by atoms with Crippen molar-refractivity contribution in [2.45, 2.75) is 27.2 Å². The van der Waals surface area contributed by atoms with Crippen molar-refractivity contribution in [3.8, 4) is 23.0 Å². The van der Waals surface area contributed by atoms with Crippen molar-refractivity contribution < 1.29 is 23.8 Å². The lowest BCUT2D eigenvalue weighted by Gasteiger charge is -2.17. The number of nitrogens with one attached hydrogen (secondary N) is 2. The van der Waals surface area contributed by atoms with Crippen LogP contribution in [0.3, 0.4) is 0 Å². The largest absolute Gasteiger partial charge is 0.497 e. The molecular weight excluding hydrogens is 372 g/mol. The molecule has 0 unspecified atom stereocenters. The van der Waals surface area contributed by atoms with Gasteiger partial charge in [-0.2, -0.15) is 0 Å². The summed E-state index contributed by atoms with van der Waals surface area (Å²) in [6.45, 7) is 5.74. The van der Waals surface area contributed by atoms with E-state index in [4.69, 9.17) is 14.2 Å². The molecule has 0 aliphatic carbocycles. The molecule has 2 rings (SSSR count). The van der Waals surface area contributed by atoms with Crippen LogP contribution >= 0.6 is 0 Å². The highest BCUT2D eigenvalue weighted by Crippen LogP contribution is 2.34. The third-order valence-corrected chi connectivity index (χ3v) is 4.05. The van der Waals surface area contributed by atoms with Gasteiger partial charge in [-0.15, -0.1) is 0 Å². The lowest BCUT2D eigenvalue weighted by molar-refractivity contribution is -0.128. The summed E-state index contributed by atoms with van der Waals surface area (Å²) < 4.78 is 16.4. The normalized spacial score (nSPS) is 10.8. The Morgan fingerprint density at radius 1 is 0.897 bits per heavy atom. The number of carbonyl (C=O) groups excluding carboxylic acids is 2. The average Bonchev–Trinajstić information content (AvgIpc) is 2.68. The Hall–Kier alpha value is -3.22. The Bertz CT molecular complexity index is 841. The number of rotatable bonds is 8. The van der Waals surface area contributed by atoms with Crippen molar-refractivity contribution in [2.75, 3.05) is 26.1 Å². The number of ether oxygens (including phenoxy) is 3. The number of hydrogen-bond acceptors (Lipinski definition) is 5. The second-order valence-corrected chi connectivity index (χ2v) is 7.45. The van der Waals surface area contributed by atoms with Gasteiger partial charge >= 0.3 is 0 Å². The fraction of sp³-hybridized carbons (Fsp3) is 0.364. The molecule has 0 radical (unpaired) electrons. The standard InChI is InChI=1S/C22H28N2O5/c1-22(2,3)21(26)23-13-12-20(25)24-15-6-11-18(28-5)19(14-15)29-17-9-7-16(27-4)8-10-17/h6-11,14H,12-13H2,1-5H3,(H,23,26)(H,24,25). The van der Waals surface area contributed by atoms with E-state index in [0.29, 0.717) is 22.9 Å². The maximum Gasteiger partial charge on any atom is 0.226 e. The monoisotopic (exact) mass is 400 g/mol. The minimum atomic E-state index is -0.486. The topological polar surface area (TPSA) is 85.9 Å². The second-order valence-electron chi connectivity index (χ2n) is 7.45. The van der Waals surface area contributed by atoms with Gasteiger partial charge in [-0.1, -0.05) is 20.8 Å². The molecule has 0 saturated carbocycles. The summed E-state index contributed by atoms with van der Waals surface area (Å²) in [5, 5.41) is 5.56. The summed E-state index contributed by atoms with van der Waals surface area (Å²) in [5.74, 6) is 2.04. The molecule has 29 heavy (non-hydrogen) atoms. The van der Waals surface area contributed by atoms with E-state index in [-0.39, 0.29) is 24.8 Å². The zero-order chi connectivity index (χ0) is 21.4. The maximum atomic E-state index is 12.2. The summed E-state index contributed by atoms with van der Waals surface area (Å²) in [4.78, 5) is 24.0. The molecular formula is C22H28N2O5. The summed E-state index contributed by atoms with van der Waals surface area (Å²) in [5.41, 5.74) is 0.0848. The van der Waals surface area contributed by atoms with E-state index < -0.39 is 5.41 Å². The molecule has 0 aliphatic heterocycles. The van der Waals surface area contributed by atoms with E-state index in [9.17, 15) is 9.59 Å². The van der Waals surface area contributed by atoms with Gasteiger partial charge in [0.25, 0.3) is 0 Å². The number of carbonyl (C=O) groups is 2. The van der Waals surface area contributed by atoms with Crippen molar-refractivity contribution in [3.05, 3.63) is 42.5 Å². The van der Waals surface area contributed by atoms with Crippen LogP contribution in [0.5, 0.6) is 23.0 Å². The van der Waals surface area contributed by atoms with Crippen LogP contribution in [0.15, 0.2) is 42.5 Å². The fourth-order valence-corrected chi connectivity index (χ4v) is 2.38. The van der Waals surface area contributed by atoms with Gasteiger partial charge in [-0.25, -0.2) is 0 Å². The van der Waals surface area contributed by atoms with Gasteiger partial charge in [-0.05, 0) is 36.4 Å². The molecule has 0 aromatic heterocycles. The minimum Gasteiger partial charge on any atom is -0.497 e. The highest BCUT2D eigenvalue weighted by atomic mass is 16.5. The fourth-order valence-electron chi connectivity index (χ4n) is 2.38. The first-order valence-corrected chi connectivity index (χ1v) is 9.31. The van der Waals surface area contributed by atoms with Crippen LogP contribution in [-0.4, -0.2) is 32.6 Å². The minimum absolute atomic E-state index is 0.0927. The maximum absolute atomic E-state index is 12.2. The molecule has 2 aromatic rings. The van der Waals surface area contributed by atoms with E-state index in [1.54, 1.807) is 56.7 Å². The molecule has 2 amide bonds. The molecule has 0 saturated heterocycles. The Kier molecular flexibility index (Phi) is 7.47. The van der Waals surface area contributed by atoms with Crippen molar-refractivity contribution in [3.63, 3.8) is 0 Å². The first kappa shape index (κ1) is 22.1. The van der Waals surface area contributed by atoms with Gasteiger partial charge < -0.3 is 24.8 Å². The lowest BCUT2D eigenvalue weighted by atomic mass is 9.96. The number of methoxy groups -OCH3 is 2. The molecule has 0 atom stereocenters. The quantitative estimate of drug-likeness (QED) is 0.700. The Labute approximate surface area is 171 Å². The molecule has 0 heterocycles. The van der Waals surface area contributed by atoms with Crippen molar-refractivity contribution in [1.82, 2.24) is 5.32 Å². The molecule has 156 valence electrons. The highest BCUT2D eigenvalue weighted by molar-refractivity contribution is 5.91. The molecule has 2 N–H and O–H groups in total. The van der Waals surface area contributed by atoms with Gasteiger partial charge in [0.15, 0.2) is 11.5 Å². The second kappa shape index (κ2) is 9.82. The SMILES string of the molecule is COc1ccc(Oc2cc(NC(=O)CCNC(=O)C(C)(C)C)ccc2OC)cc1. The van der Waals surface area contributed by atoms with E-state index in [1.165, 1.54) is 0 Å². The smallest absolute Gasteiger partial charge is 0.226 e. The van der Waals surface area contributed by atoms with E-state index in [0.717, 1.165) is 5.75 Å². The van der Waals surface area contributed by atoms with Crippen LogP contribution in [0.2, 0.25) is 0 Å². The van der Waals surface area contributed by atoms with Gasteiger partial charge in [0.1, 0.15) is 11.5 Å². The first-order chi connectivity index (χ1) is 13.7. The molecule has 0 aliphatic rings. The Morgan fingerprint density at radius 3 is 2.14 bits per heavy atom. The van der Waals surface area contributed by atoms with Crippen LogP contribution in [-0.2, 0) is 9.59 Å². The van der Waals surface area contributed by atoms with Gasteiger partial charge in [0, 0.05) is 30.1 Å². The van der Waals surface area contributed by atoms with Gasteiger partial charge in [0.2, 0.25) is 11.8 Å². The van der Waals surface area contributed by atoms with E-state index in [2.05, 4.69) is 10.6 Å². The summed E-state index contributed by atoms with van der Waals surface area (Å²) in [6.07, 6.45) is 0.169. The summed E-state index contributed by atoms with van der Waals surface area (Å²) in [7, 11) is 3.14. The predicted molar refractivity (Wildman–Crippen MR) is 112 cm³/mol. The molecule has 0 fully saturated rings. The van der Waals surface area contributed by atoms with Gasteiger partial charge in [-0.3, -0.25) is 9.59 Å². The van der Waals surface area contributed by atoms with Crippen LogP contribution in [0, 0.1) is 5.41 Å². The molecule has 0 spiro atoms. The predicted octanol–water partition coefficient (Wildman–Crippen LogP) is 3.99. The summed E-state index contributed by atoms with van der Waals surface area (Å²) >= 11 is 0. The average molecular weight is 400 g/mol. The van der Waals surface area contributed by atoms with Crippen molar-refractivity contribution >= 4 is 17.5 Å².